The number of hydrogen-bond donors (Lipinski definition) is 0. The molecule has 0 bridgehead atoms. The summed E-state index contributed by atoms with van der Waals surface area (Å²) >= 11 is 0. The highest BCUT2D eigenvalue weighted by Crippen LogP contribution is 2.47. The van der Waals surface area contributed by atoms with Gasteiger partial charge in [-0.3, -0.25) is 0 Å². The van der Waals surface area contributed by atoms with E-state index >= 15 is 0 Å². The summed E-state index contributed by atoms with van der Waals surface area (Å²) in [5, 5.41) is 54.7. The fraction of sp³-hybridized carbons (Fsp3) is 0. The highest BCUT2D eigenvalue weighted by atomic mass is 16.3. The molecule has 0 amide bonds. The molecule has 0 saturated carbocycles. The molecule has 6 heterocycles. The monoisotopic (exact) mass is 1480 g/mol. The lowest BCUT2D eigenvalue weighted by Crippen LogP contribution is -2.01. The standard InChI is InChI=1S/C56H33N5.C50H28N4O/c57-34-37-14-4-5-17-43(37)36-26-27-44(39(30-36)35-58)38-31-41(59-50-22-10-6-18-45(50)46-19-7-11-23-51(46)59)33-42(32-38)60-53-25-13-9-21-49(53)55-54(60)29-28-48-47-20-8-12-24-52(47)61(56(48)55)40-15-2-1-3-16-40;51-29-31-10-9-11-32(24-31)33-20-21-38(35(25-33)30-52)34-26-36(53-44-16-5-1-12-39(44)40-13-2-6-17-45(40)53)28-37(27-34)54-46-18-7-3-15-43(46)49-47(54)23-22-42-41-14-4-8-19-48(41)55-50(42)49/h1-33H;1-28H. The molecule has 0 atom stereocenters. The van der Waals surface area contributed by atoms with Crippen molar-refractivity contribution in [1.82, 2.24) is 22.8 Å². The Morgan fingerprint density at radius 1 is 0.207 bits per heavy atom. The van der Waals surface area contributed by atoms with E-state index < -0.39 is 0 Å². The Balaban J connectivity index is 0.000000141. The summed E-state index contributed by atoms with van der Waals surface area (Å²) in [5.41, 5.74) is 26.9. The Hall–Kier alpha value is -16.5. The van der Waals surface area contributed by atoms with E-state index in [-0.39, 0.29) is 0 Å². The first-order valence-electron chi connectivity index (χ1n) is 38.6. The van der Waals surface area contributed by atoms with E-state index in [4.69, 9.17) is 4.42 Å². The van der Waals surface area contributed by atoms with Crippen molar-refractivity contribution in [2.75, 3.05) is 0 Å². The summed E-state index contributed by atoms with van der Waals surface area (Å²) in [4.78, 5) is 0. The van der Waals surface area contributed by atoms with E-state index in [1.54, 1.807) is 6.07 Å². The third-order valence-corrected chi connectivity index (χ3v) is 23.2. The van der Waals surface area contributed by atoms with Gasteiger partial charge in [0.15, 0.2) is 0 Å². The Morgan fingerprint density at radius 3 is 1.12 bits per heavy atom. The van der Waals surface area contributed by atoms with Gasteiger partial charge in [0.2, 0.25) is 0 Å². The summed E-state index contributed by atoms with van der Waals surface area (Å²) in [7, 11) is 0. The van der Waals surface area contributed by atoms with Crippen molar-refractivity contribution in [2.24, 2.45) is 0 Å². The van der Waals surface area contributed by atoms with Gasteiger partial charge in [0.05, 0.1) is 107 Å². The van der Waals surface area contributed by atoms with Gasteiger partial charge in [-0.05, 0) is 190 Å². The van der Waals surface area contributed by atoms with E-state index in [0.29, 0.717) is 22.3 Å². The maximum Gasteiger partial charge on any atom is 0.145 e. The summed E-state index contributed by atoms with van der Waals surface area (Å²) in [6.07, 6.45) is 0. The smallest absolute Gasteiger partial charge is 0.145 e. The third kappa shape index (κ3) is 10.3. The summed E-state index contributed by atoms with van der Waals surface area (Å²) in [6, 6.07) is 138. The van der Waals surface area contributed by atoms with Crippen LogP contribution in [0, 0.1) is 45.3 Å². The largest absolute Gasteiger partial charge is 0.455 e. The molecule has 0 N–H and O–H groups in total. The Kier molecular flexibility index (Phi) is 15.3. The molecule has 23 rings (SSSR count). The van der Waals surface area contributed by atoms with Gasteiger partial charge < -0.3 is 27.3 Å². The van der Waals surface area contributed by atoms with Crippen molar-refractivity contribution in [2.45, 2.75) is 0 Å². The zero-order valence-electron chi connectivity index (χ0n) is 62.2. The Labute approximate surface area is 664 Å². The van der Waals surface area contributed by atoms with E-state index in [1.807, 2.05) is 91.0 Å². The molecule has 536 valence electrons. The van der Waals surface area contributed by atoms with E-state index in [9.17, 15) is 21.0 Å². The normalized spacial score (nSPS) is 11.6. The van der Waals surface area contributed by atoms with Crippen LogP contribution in [0.15, 0.2) is 374 Å². The van der Waals surface area contributed by atoms with Crippen molar-refractivity contribution < 1.29 is 4.42 Å². The van der Waals surface area contributed by atoms with Gasteiger partial charge >= 0.3 is 0 Å². The molecule has 0 spiro atoms. The Morgan fingerprint density at radius 2 is 0.595 bits per heavy atom. The van der Waals surface area contributed by atoms with Crippen LogP contribution in [0.2, 0.25) is 0 Å². The number of benzene rings is 17. The molecule has 0 saturated heterocycles. The van der Waals surface area contributed by atoms with Crippen molar-refractivity contribution >= 4 is 131 Å². The van der Waals surface area contributed by atoms with Gasteiger partial charge in [-0.25, -0.2) is 0 Å². The fourth-order valence-electron chi connectivity index (χ4n) is 18.3. The van der Waals surface area contributed by atoms with Crippen molar-refractivity contribution in [3.63, 3.8) is 0 Å². The molecule has 10 nitrogen and oxygen atoms in total. The number of nitrogens with zero attached hydrogens (tertiary/aromatic N) is 9. The molecule has 0 fully saturated rings. The molecule has 17 aromatic carbocycles. The number of furan rings is 1. The van der Waals surface area contributed by atoms with Crippen molar-refractivity contribution in [3.05, 3.63) is 392 Å². The Bertz CT molecular complexity index is 8180. The molecule has 6 aromatic heterocycles. The average molecular weight is 1480 g/mol. The molecule has 0 aliphatic rings. The maximum atomic E-state index is 10.8. The molecule has 0 aliphatic heterocycles. The van der Waals surface area contributed by atoms with Gasteiger partial charge in [0.1, 0.15) is 11.2 Å². The molecular weight excluding hydrogens is 1420 g/mol. The number of nitriles is 4. The predicted octanol–water partition coefficient (Wildman–Crippen LogP) is 26.9. The van der Waals surface area contributed by atoms with E-state index in [2.05, 4.69) is 320 Å². The van der Waals surface area contributed by atoms with Crippen LogP contribution in [0.25, 0.3) is 204 Å². The minimum atomic E-state index is 0.534. The highest BCUT2D eigenvalue weighted by molar-refractivity contribution is 6.27. The second-order valence-electron chi connectivity index (χ2n) is 29.5. The average Bonchev–Trinajstić information content (AvgIpc) is 1.54. The lowest BCUT2D eigenvalue weighted by atomic mass is 9.93. The fourth-order valence-corrected chi connectivity index (χ4v) is 18.3. The zero-order chi connectivity index (χ0) is 77.2. The van der Waals surface area contributed by atoms with Crippen molar-refractivity contribution in [1.29, 1.82) is 21.0 Å². The molecule has 23 aromatic rings. The molecule has 116 heavy (non-hydrogen) atoms. The SMILES string of the molecule is N#Cc1cccc(-c2ccc(-c3cc(-n4c5ccccc5c5ccccc54)cc(-n4c5ccccc5c5c6oc7ccccc7c6ccc54)c3)c(C#N)c2)c1.N#Cc1ccccc1-c1ccc(-c2cc(-n3c4ccccc4c4ccccc43)cc(-n3c4ccccc4c4c3ccc3c5ccccc5n(-c5ccccc5)c34)c2)c(C#N)c1. The quantitative estimate of drug-likeness (QED) is 0.142. The number of fused-ring (bicyclic) bond motifs is 20. The van der Waals surface area contributed by atoms with E-state index in [1.165, 1.54) is 43.2 Å². The predicted molar refractivity (Wildman–Crippen MR) is 472 cm³/mol. The van der Waals surface area contributed by atoms with Crippen molar-refractivity contribution in [3.8, 4) is 97.2 Å². The molecule has 0 radical (unpaired) electrons. The number of hydrogen-bond acceptors (Lipinski definition) is 5. The lowest BCUT2D eigenvalue weighted by Gasteiger charge is -2.17. The van der Waals surface area contributed by atoms with Crippen LogP contribution < -0.4 is 0 Å². The topological polar surface area (TPSA) is 133 Å². The van der Waals surface area contributed by atoms with Crippen LogP contribution in [-0.4, -0.2) is 22.8 Å². The van der Waals surface area contributed by atoms with Crippen LogP contribution in [0.3, 0.4) is 0 Å². The van der Waals surface area contributed by atoms with Gasteiger partial charge in [-0.1, -0.05) is 224 Å². The van der Waals surface area contributed by atoms with Crippen LogP contribution >= 0.6 is 0 Å². The second-order valence-corrected chi connectivity index (χ2v) is 29.5. The first-order chi connectivity index (χ1) is 57.4. The number of para-hydroxylation sites is 9. The van der Waals surface area contributed by atoms with Gasteiger partial charge in [-0.15, -0.1) is 0 Å². The lowest BCUT2D eigenvalue weighted by molar-refractivity contribution is 0.673. The molecule has 0 aliphatic carbocycles. The number of rotatable bonds is 9. The highest BCUT2D eigenvalue weighted by Gasteiger charge is 2.26. The first kappa shape index (κ1) is 66.5. The zero-order valence-corrected chi connectivity index (χ0v) is 62.2. The van der Waals surface area contributed by atoms with E-state index in [0.717, 1.165) is 161 Å². The molecule has 0 unspecified atom stereocenters. The van der Waals surface area contributed by atoms with Gasteiger partial charge in [0.25, 0.3) is 0 Å². The summed E-state index contributed by atoms with van der Waals surface area (Å²) in [5.74, 6) is 0. The minimum absolute atomic E-state index is 0.534. The molecular formula is C106H61N9O. The van der Waals surface area contributed by atoms with Crippen LogP contribution in [-0.2, 0) is 0 Å². The summed E-state index contributed by atoms with van der Waals surface area (Å²) < 4.78 is 18.4. The maximum absolute atomic E-state index is 10.8. The minimum Gasteiger partial charge on any atom is -0.455 e. The first-order valence-corrected chi connectivity index (χ1v) is 38.6. The third-order valence-electron chi connectivity index (χ3n) is 23.2. The van der Waals surface area contributed by atoms with Gasteiger partial charge in [-0.2, -0.15) is 21.0 Å². The van der Waals surface area contributed by atoms with Crippen LogP contribution in [0.1, 0.15) is 22.3 Å². The summed E-state index contributed by atoms with van der Waals surface area (Å²) in [6.45, 7) is 0. The molecule has 10 heteroatoms. The number of aromatic nitrogens is 5. The van der Waals surface area contributed by atoms with Crippen LogP contribution in [0.4, 0.5) is 0 Å². The van der Waals surface area contributed by atoms with Crippen LogP contribution in [0.5, 0.6) is 0 Å². The second kappa shape index (κ2) is 26.6. The van der Waals surface area contributed by atoms with Gasteiger partial charge in [0, 0.05) is 87.7 Å².